The van der Waals surface area contributed by atoms with Crippen LogP contribution in [0.25, 0.3) is 0 Å². The fourth-order valence-corrected chi connectivity index (χ4v) is 3.68. The third-order valence-corrected chi connectivity index (χ3v) is 5.21. The van der Waals surface area contributed by atoms with Gasteiger partial charge in [0.15, 0.2) is 0 Å². The van der Waals surface area contributed by atoms with Crippen molar-refractivity contribution in [3.8, 4) is 0 Å². The fraction of sp³-hybridized carbons (Fsp3) is 0.706. The highest BCUT2D eigenvalue weighted by molar-refractivity contribution is 9.10. The average Bonchev–Trinajstić information content (AvgIpc) is 2.41. The third-order valence-electron chi connectivity index (χ3n) is 4.77. The second-order valence-electron chi connectivity index (χ2n) is 6.98. The van der Waals surface area contributed by atoms with E-state index in [1.165, 1.54) is 18.4 Å². The summed E-state index contributed by atoms with van der Waals surface area (Å²) in [6, 6.07) is 2.11. The van der Waals surface area contributed by atoms with Crippen molar-refractivity contribution < 1.29 is 4.74 Å². The molecule has 1 aliphatic carbocycles. The molecule has 1 heterocycles. The number of nitrogens with zero attached hydrogens (tertiary/aromatic N) is 1. The molecule has 1 aromatic rings. The minimum atomic E-state index is -0.174. The maximum atomic E-state index is 6.57. The smallest absolute Gasteiger partial charge is 0.0836 e. The number of hydrogen-bond acceptors (Lipinski definition) is 3. The van der Waals surface area contributed by atoms with Gasteiger partial charge in [0, 0.05) is 29.5 Å². The zero-order valence-electron chi connectivity index (χ0n) is 13.4. The van der Waals surface area contributed by atoms with Crippen molar-refractivity contribution in [2.24, 2.45) is 11.1 Å². The summed E-state index contributed by atoms with van der Waals surface area (Å²) in [6.45, 7) is 7.47. The van der Waals surface area contributed by atoms with Crippen molar-refractivity contribution in [3.05, 3.63) is 28.5 Å². The lowest BCUT2D eigenvalue weighted by atomic mass is 9.68. The van der Waals surface area contributed by atoms with E-state index in [0.29, 0.717) is 5.41 Å². The highest BCUT2D eigenvalue weighted by Crippen LogP contribution is 2.43. The van der Waals surface area contributed by atoms with E-state index in [4.69, 9.17) is 10.5 Å². The van der Waals surface area contributed by atoms with Crippen LogP contribution in [0.4, 0.5) is 0 Å². The van der Waals surface area contributed by atoms with Crippen molar-refractivity contribution in [3.63, 3.8) is 0 Å². The average molecular weight is 355 g/mol. The first-order valence-corrected chi connectivity index (χ1v) is 8.65. The van der Waals surface area contributed by atoms with Gasteiger partial charge in [-0.3, -0.25) is 4.98 Å². The molecule has 1 aromatic heterocycles. The Bertz CT molecular complexity index is 466. The number of aromatic nitrogens is 1. The molecule has 0 aliphatic heterocycles. The summed E-state index contributed by atoms with van der Waals surface area (Å²) in [5, 5.41) is 0. The zero-order valence-corrected chi connectivity index (χ0v) is 14.9. The van der Waals surface area contributed by atoms with Crippen LogP contribution in [0.3, 0.4) is 0 Å². The van der Waals surface area contributed by atoms with Crippen molar-refractivity contribution >= 4 is 15.9 Å². The highest BCUT2D eigenvalue weighted by Gasteiger charge is 2.43. The van der Waals surface area contributed by atoms with E-state index >= 15 is 0 Å². The summed E-state index contributed by atoms with van der Waals surface area (Å²) < 4.78 is 7.17. The minimum absolute atomic E-state index is 0.0182. The molecule has 118 valence electrons. The van der Waals surface area contributed by atoms with Crippen molar-refractivity contribution in [1.29, 1.82) is 0 Å². The van der Waals surface area contributed by atoms with Gasteiger partial charge in [-0.05, 0) is 72.0 Å². The summed E-state index contributed by atoms with van der Waals surface area (Å²) >= 11 is 3.47. The summed E-state index contributed by atoms with van der Waals surface area (Å²) in [4.78, 5) is 4.23. The molecule has 0 spiro atoms. The lowest BCUT2D eigenvalue weighted by Crippen LogP contribution is -2.54. The van der Waals surface area contributed by atoms with E-state index in [9.17, 15) is 0 Å². The second kappa shape index (κ2) is 6.76. The van der Waals surface area contributed by atoms with E-state index in [-0.39, 0.29) is 11.6 Å². The van der Waals surface area contributed by atoms with E-state index in [0.717, 1.165) is 30.3 Å². The van der Waals surface area contributed by atoms with Gasteiger partial charge < -0.3 is 10.5 Å². The lowest BCUT2D eigenvalue weighted by Gasteiger charge is -2.46. The van der Waals surface area contributed by atoms with E-state index in [2.05, 4.69) is 47.8 Å². The molecule has 0 radical (unpaired) electrons. The molecule has 1 unspecified atom stereocenters. The van der Waals surface area contributed by atoms with Crippen molar-refractivity contribution in [1.82, 2.24) is 4.98 Å². The number of ether oxygens (including phenoxy) is 1. The predicted molar refractivity (Wildman–Crippen MR) is 90.2 cm³/mol. The van der Waals surface area contributed by atoms with Gasteiger partial charge in [0.2, 0.25) is 0 Å². The second-order valence-corrected chi connectivity index (χ2v) is 7.90. The molecule has 0 amide bonds. The van der Waals surface area contributed by atoms with Gasteiger partial charge in [0.25, 0.3) is 0 Å². The normalized spacial score (nSPS) is 22.0. The molecular formula is C17H27BrN2O. The van der Waals surface area contributed by atoms with Crippen LogP contribution in [-0.2, 0) is 11.2 Å². The maximum absolute atomic E-state index is 6.57. The molecule has 0 aromatic carbocycles. The zero-order chi connectivity index (χ0) is 15.5. The molecule has 1 aliphatic rings. The first-order valence-electron chi connectivity index (χ1n) is 7.86. The Morgan fingerprint density at radius 2 is 1.95 bits per heavy atom. The topological polar surface area (TPSA) is 48.1 Å². The van der Waals surface area contributed by atoms with Crippen LogP contribution in [0.15, 0.2) is 22.9 Å². The summed E-state index contributed by atoms with van der Waals surface area (Å²) in [5.74, 6) is 0. The maximum Gasteiger partial charge on any atom is 0.0836 e. The molecular weight excluding hydrogens is 328 g/mol. The third kappa shape index (κ3) is 4.27. The first kappa shape index (κ1) is 16.9. The first-order chi connectivity index (χ1) is 9.87. The number of rotatable bonds is 5. The van der Waals surface area contributed by atoms with Gasteiger partial charge >= 0.3 is 0 Å². The summed E-state index contributed by atoms with van der Waals surface area (Å²) in [5.41, 5.74) is 7.98. The fourth-order valence-electron chi connectivity index (χ4n) is 3.27. The number of hydrogen-bond donors (Lipinski definition) is 1. The molecule has 4 heteroatoms. The Morgan fingerprint density at radius 1 is 1.29 bits per heavy atom. The van der Waals surface area contributed by atoms with Crippen LogP contribution in [0.1, 0.15) is 52.0 Å². The van der Waals surface area contributed by atoms with Gasteiger partial charge in [-0.25, -0.2) is 0 Å². The molecule has 1 atom stereocenters. The molecule has 3 nitrogen and oxygen atoms in total. The monoisotopic (exact) mass is 354 g/mol. The van der Waals surface area contributed by atoms with Crippen molar-refractivity contribution in [2.45, 2.75) is 64.5 Å². The summed E-state index contributed by atoms with van der Waals surface area (Å²) in [7, 11) is 0. The number of halogens is 1. The number of nitrogens with two attached hydrogens (primary N) is 1. The van der Waals surface area contributed by atoms with E-state index < -0.39 is 0 Å². The highest BCUT2D eigenvalue weighted by atomic mass is 79.9. The van der Waals surface area contributed by atoms with Crippen LogP contribution in [-0.4, -0.2) is 23.2 Å². The Kier molecular flexibility index (Phi) is 5.44. The Morgan fingerprint density at radius 3 is 2.52 bits per heavy atom. The van der Waals surface area contributed by atoms with Gasteiger partial charge in [-0.15, -0.1) is 0 Å². The molecule has 0 saturated heterocycles. The molecule has 1 fully saturated rings. The van der Waals surface area contributed by atoms with Crippen LogP contribution < -0.4 is 5.73 Å². The van der Waals surface area contributed by atoms with Gasteiger partial charge in [0.05, 0.1) is 5.60 Å². The quantitative estimate of drug-likeness (QED) is 0.865. The summed E-state index contributed by atoms with van der Waals surface area (Å²) in [6.07, 6.45) is 8.97. The predicted octanol–water partition coefficient (Wildman–Crippen LogP) is 4.09. The Hall–Kier alpha value is -0.450. The van der Waals surface area contributed by atoms with E-state index in [1.54, 1.807) is 6.20 Å². The van der Waals surface area contributed by atoms with Gasteiger partial charge in [-0.1, -0.05) is 13.8 Å². The molecule has 21 heavy (non-hydrogen) atoms. The molecule has 0 bridgehead atoms. The minimum Gasteiger partial charge on any atom is -0.374 e. The van der Waals surface area contributed by atoms with Gasteiger partial charge in [0.1, 0.15) is 0 Å². The Balaban J connectivity index is 2.11. The lowest BCUT2D eigenvalue weighted by molar-refractivity contribution is -0.0987. The van der Waals surface area contributed by atoms with E-state index in [1.807, 2.05) is 6.20 Å². The molecule has 2 N–H and O–H groups in total. The van der Waals surface area contributed by atoms with Crippen LogP contribution >= 0.6 is 15.9 Å². The molecule has 1 saturated carbocycles. The molecule has 2 rings (SSSR count). The van der Waals surface area contributed by atoms with Crippen LogP contribution in [0.2, 0.25) is 0 Å². The standard InChI is InChI=1S/C17H27BrN2O/c1-4-21-17(7-5-16(2,3)6-8-17)15(19)10-13-9-14(18)12-20-11-13/h9,11-12,15H,4-8,10,19H2,1-3H3. The Labute approximate surface area is 136 Å². The SMILES string of the molecule is CCOC1(C(N)Cc2cncc(Br)c2)CCC(C)(C)CC1. The van der Waals surface area contributed by atoms with Crippen molar-refractivity contribution in [2.75, 3.05) is 6.61 Å². The van der Waals surface area contributed by atoms with Crippen LogP contribution in [0.5, 0.6) is 0 Å². The van der Waals surface area contributed by atoms with Gasteiger partial charge in [-0.2, -0.15) is 0 Å². The van der Waals surface area contributed by atoms with Crippen LogP contribution in [0, 0.1) is 5.41 Å². The number of pyridine rings is 1. The largest absolute Gasteiger partial charge is 0.374 e.